The molecular weight excluding hydrogens is 336 g/mol. The van der Waals surface area contributed by atoms with Crippen LogP contribution >= 0.6 is 0 Å². The lowest BCUT2D eigenvalue weighted by molar-refractivity contribution is 0.234. The van der Waals surface area contributed by atoms with Crippen LogP contribution in [0.25, 0.3) is 0 Å². The summed E-state index contributed by atoms with van der Waals surface area (Å²) in [6, 6.07) is 8.90. The summed E-state index contributed by atoms with van der Waals surface area (Å²) in [7, 11) is 1.85. The summed E-state index contributed by atoms with van der Waals surface area (Å²) >= 11 is 0. The van der Waals surface area contributed by atoms with Crippen LogP contribution in [-0.2, 0) is 0 Å². The molecule has 5 nitrogen and oxygen atoms in total. The predicted molar refractivity (Wildman–Crippen MR) is 88.7 cm³/mol. The molecule has 1 heterocycles. The van der Waals surface area contributed by atoms with Gasteiger partial charge in [-0.2, -0.15) is 15.8 Å². The molecule has 2 N–H and O–H groups in total. The maximum atomic E-state index is 14.6. The Balaban J connectivity index is 2.36. The number of halogens is 2. The van der Waals surface area contributed by atoms with Gasteiger partial charge in [0.15, 0.2) is 5.41 Å². The summed E-state index contributed by atoms with van der Waals surface area (Å²) in [6.07, 6.45) is 1.81. The molecule has 0 saturated carbocycles. The van der Waals surface area contributed by atoms with Crippen LogP contribution in [0.3, 0.4) is 0 Å². The highest BCUT2D eigenvalue weighted by Gasteiger charge is 2.54. The second-order valence-corrected chi connectivity index (χ2v) is 6.56. The largest absolute Gasteiger partial charge is 0.399 e. The third-order valence-electron chi connectivity index (χ3n) is 5.14. The molecule has 1 aliphatic heterocycles. The second kappa shape index (κ2) is 6.26. The van der Waals surface area contributed by atoms with Gasteiger partial charge in [0.25, 0.3) is 0 Å². The topological polar surface area (TPSA) is 101 Å². The fraction of sp³-hybridized carbons (Fsp3) is 0.316. The number of rotatable bonds is 1. The van der Waals surface area contributed by atoms with Gasteiger partial charge < -0.3 is 10.6 Å². The highest BCUT2D eigenvalue weighted by atomic mass is 19.1. The number of hydrogen-bond acceptors (Lipinski definition) is 5. The summed E-state index contributed by atoms with van der Waals surface area (Å²) < 4.78 is 28.0. The molecule has 1 aliphatic carbocycles. The van der Waals surface area contributed by atoms with E-state index in [2.05, 4.69) is 0 Å². The summed E-state index contributed by atoms with van der Waals surface area (Å²) in [5.74, 6) is -3.04. The maximum Gasteiger partial charge on any atom is 0.191 e. The molecule has 3 rings (SSSR count). The van der Waals surface area contributed by atoms with Gasteiger partial charge in [-0.15, -0.1) is 0 Å². The molecular formula is C19H15F2N5. The molecule has 130 valence electrons. The molecule has 2 atom stereocenters. The Morgan fingerprint density at radius 2 is 1.92 bits per heavy atom. The number of nitrogens with zero attached hydrogens (tertiary/aromatic N) is 4. The monoisotopic (exact) mass is 351 g/mol. The average Bonchev–Trinajstić information content (AvgIpc) is 2.62. The number of hydrogen-bond donors (Lipinski definition) is 1. The van der Waals surface area contributed by atoms with E-state index in [4.69, 9.17) is 5.73 Å². The van der Waals surface area contributed by atoms with E-state index in [1.54, 1.807) is 0 Å². The van der Waals surface area contributed by atoms with E-state index >= 15 is 0 Å². The van der Waals surface area contributed by atoms with Crippen LogP contribution in [-0.4, -0.2) is 25.0 Å². The lowest BCUT2D eigenvalue weighted by atomic mass is 9.58. The van der Waals surface area contributed by atoms with Crippen molar-refractivity contribution in [3.63, 3.8) is 0 Å². The van der Waals surface area contributed by atoms with Gasteiger partial charge >= 0.3 is 0 Å². The van der Waals surface area contributed by atoms with Crippen LogP contribution in [0.4, 0.5) is 8.78 Å². The SMILES string of the molecule is CN1CC=C2C(C#N)=C(N)C(C#N)(C#N)[C@H](c3ccc(F)cc3F)[C@H]2C1. The van der Waals surface area contributed by atoms with Gasteiger partial charge in [-0.05, 0) is 24.3 Å². The quantitative estimate of drug-likeness (QED) is 0.837. The van der Waals surface area contributed by atoms with E-state index in [0.29, 0.717) is 18.7 Å². The normalized spacial score (nSPS) is 24.7. The van der Waals surface area contributed by atoms with Crippen LogP contribution in [0, 0.1) is 57.0 Å². The van der Waals surface area contributed by atoms with Crippen LogP contribution in [0.5, 0.6) is 0 Å². The Kier molecular flexibility index (Phi) is 4.24. The molecule has 0 saturated heterocycles. The van der Waals surface area contributed by atoms with Gasteiger partial charge in [-0.1, -0.05) is 12.1 Å². The Bertz CT molecular complexity index is 944. The van der Waals surface area contributed by atoms with E-state index in [0.717, 1.165) is 12.1 Å². The molecule has 1 aromatic carbocycles. The van der Waals surface area contributed by atoms with E-state index in [-0.39, 0.29) is 16.8 Å². The van der Waals surface area contributed by atoms with E-state index < -0.39 is 28.9 Å². The summed E-state index contributed by atoms with van der Waals surface area (Å²) in [4.78, 5) is 1.94. The van der Waals surface area contributed by atoms with Gasteiger partial charge in [-0.3, -0.25) is 0 Å². The molecule has 0 radical (unpaired) electrons. The van der Waals surface area contributed by atoms with Crippen molar-refractivity contribution in [3.05, 3.63) is 58.3 Å². The number of nitrogens with two attached hydrogens (primary N) is 1. The smallest absolute Gasteiger partial charge is 0.191 e. The molecule has 0 fully saturated rings. The second-order valence-electron chi connectivity index (χ2n) is 6.56. The molecule has 26 heavy (non-hydrogen) atoms. The lowest BCUT2D eigenvalue weighted by Crippen LogP contribution is -2.47. The minimum atomic E-state index is -1.91. The van der Waals surface area contributed by atoms with Crippen LogP contribution in [0.15, 0.2) is 41.1 Å². The zero-order valence-corrected chi connectivity index (χ0v) is 14.0. The van der Waals surface area contributed by atoms with E-state index in [1.807, 2.05) is 36.2 Å². The first kappa shape index (κ1) is 17.6. The molecule has 2 aliphatic rings. The maximum absolute atomic E-state index is 14.6. The Morgan fingerprint density at radius 3 is 2.50 bits per heavy atom. The standard InChI is InChI=1S/C19H15F2N5/c1-26-5-4-12-14(7-22)18(25)19(9-23,10-24)17(15(12)8-26)13-3-2-11(20)6-16(13)21/h2-4,6,15,17H,5,8,25H2,1H3/t15-,17+/m0/s1. The third-order valence-corrected chi connectivity index (χ3v) is 5.14. The van der Waals surface area contributed by atoms with Crippen molar-refractivity contribution >= 4 is 0 Å². The van der Waals surface area contributed by atoms with Gasteiger partial charge in [0.05, 0.1) is 23.4 Å². The molecule has 0 amide bonds. The summed E-state index contributed by atoms with van der Waals surface area (Å²) in [5, 5.41) is 29.2. The van der Waals surface area contributed by atoms with Gasteiger partial charge in [-0.25, -0.2) is 8.78 Å². The molecule has 0 unspecified atom stereocenters. The first-order chi connectivity index (χ1) is 12.4. The number of benzene rings is 1. The van der Waals surface area contributed by atoms with Gasteiger partial charge in [0.2, 0.25) is 0 Å². The summed E-state index contributed by atoms with van der Waals surface area (Å²) in [6.45, 7) is 0.978. The molecule has 0 spiro atoms. The molecule has 1 aromatic rings. The van der Waals surface area contributed by atoms with Crippen molar-refractivity contribution in [2.24, 2.45) is 17.1 Å². The zero-order valence-electron chi connectivity index (χ0n) is 14.0. The molecule has 7 heteroatoms. The van der Waals surface area contributed by atoms with Crippen molar-refractivity contribution in [1.82, 2.24) is 4.90 Å². The Labute approximate surface area is 149 Å². The minimum Gasteiger partial charge on any atom is -0.399 e. The fourth-order valence-electron chi connectivity index (χ4n) is 3.92. The van der Waals surface area contributed by atoms with Crippen LogP contribution in [0.2, 0.25) is 0 Å². The average molecular weight is 351 g/mol. The number of fused-ring (bicyclic) bond motifs is 1. The highest BCUT2D eigenvalue weighted by molar-refractivity contribution is 5.59. The Hall–Kier alpha value is -3.21. The van der Waals surface area contributed by atoms with E-state index in [9.17, 15) is 24.6 Å². The number of allylic oxidation sites excluding steroid dienone is 2. The fourth-order valence-corrected chi connectivity index (χ4v) is 3.92. The first-order valence-electron chi connectivity index (χ1n) is 7.96. The van der Waals surface area contributed by atoms with Crippen molar-refractivity contribution < 1.29 is 8.78 Å². The van der Waals surface area contributed by atoms with Crippen molar-refractivity contribution in [2.45, 2.75) is 5.92 Å². The first-order valence-corrected chi connectivity index (χ1v) is 7.96. The number of likely N-dealkylation sites (N-methyl/N-ethyl adjacent to an activating group) is 1. The third kappa shape index (κ3) is 2.36. The van der Waals surface area contributed by atoms with Gasteiger partial charge in [0.1, 0.15) is 17.7 Å². The van der Waals surface area contributed by atoms with Crippen molar-refractivity contribution in [2.75, 3.05) is 20.1 Å². The summed E-state index contributed by atoms with van der Waals surface area (Å²) in [5.41, 5.74) is 4.77. The van der Waals surface area contributed by atoms with Crippen molar-refractivity contribution in [1.29, 1.82) is 15.8 Å². The minimum absolute atomic E-state index is 0.0423. The number of nitriles is 3. The molecule has 0 aromatic heterocycles. The van der Waals surface area contributed by atoms with Crippen LogP contribution in [0.1, 0.15) is 11.5 Å². The lowest BCUT2D eigenvalue weighted by Gasteiger charge is -2.45. The molecule has 0 bridgehead atoms. The van der Waals surface area contributed by atoms with E-state index in [1.165, 1.54) is 6.07 Å². The Morgan fingerprint density at radius 1 is 1.23 bits per heavy atom. The van der Waals surface area contributed by atoms with Crippen LogP contribution < -0.4 is 5.73 Å². The zero-order chi connectivity index (χ0) is 19.1. The highest BCUT2D eigenvalue weighted by Crippen LogP contribution is 2.54. The predicted octanol–water partition coefficient (Wildman–Crippen LogP) is 2.32. The van der Waals surface area contributed by atoms with Gasteiger partial charge in [0, 0.05) is 31.0 Å². The van der Waals surface area contributed by atoms with Crippen molar-refractivity contribution in [3.8, 4) is 18.2 Å².